The van der Waals surface area contributed by atoms with Crippen molar-refractivity contribution in [2.24, 2.45) is 12.0 Å². The molecule has 1 fully saturated rings. The molecule has 0 saturated carbocycles. The summed E-state index contributed by atoms with van der Waals surface area (Å²) >= 11 is 0. The Bertz CT molecular complexity index is 525. The molecule has 0 bridgehead atoms. The number of halogens is 1. The van der Waals surface area contributed by atoms with Crippen molar-refractivity contribution in [1.82, 2.24) is 25.3 Å². The number of nitrogens with zero attached hydrogens (tertiary/aromatic N) is 4. The average molecular weight is 434 g/mol. The van der Waals surface area contributed by atoms with Crippen LogP contribution in [-0.4, -0.2) is 53.4 Å². The molecule has 2 heterocycles. The number of aromatic nitrogens is 2. The van der Waals surface area contributed by atoms with Gasteiger partial charge in [-0.2, -0.15) is 5.10 Å². The Kier molecular flexibility index (Phi) is 8.32. The highest BCUT2D eigenvalue weighted by molar-refractivity contribution is 14.0. The average Bonchev–Trinajstić information content (AvgIpc) is 2.99. The molecule has 2 N–H and O–H groups in total. The largest absolute Gasteiger partial charge is 0.357 e. The maximum Gasteiger partial charge on any atom is 0.191 e. The molecule has 0 aliphatic carbocycles. The Morgan fingerprint density at radius 1 is 1.30 bits per heavy atom. The van der Waals surface area contributed by atoms with Crippen LogP contribution in [0.5, 0.6) is 0 Å². The third-order valence-corrected chi connectivity index (χ3v) is 4.58. The van der Waals surface area contributed by atoms with Crippen molar-refractivity contribution in [2.75, 3.05) is 26.7 Å². The van der Waals surface area contributed by atoms with Gasteiger partial charge in [0.15, 0.2) is 5.96 Å². The van der Waals surface area contributed by atoms with Crippen molar-refractivity contribution >= 4 is 29.9 Å². The van der Waals surface area contributed by atoms with Crippen LogP contribution in [0.4, 0.5) is 0 Å². The van der Waals surface area contributed by atoms with Crippen molar-refractivity contribution in [3.8, 4) is 0 Å². The molecule has 1 saturated heterocycles. The van der Waals surface area contributed by atoms with E-state index in [4.69, 9.17) is 4.99 Å². The van der Waals surface area contributed by atoms with Gasteiger partial charge in [-0.3, -0.25) is 4.68 Å². The van der Waals surface area contributed by atoms with Crippen molar-refractivity contribution < 1.29 is 0 Å². The van der Waals surface area contributed by atoms with Crippen LogP contribution in [0, 0.1) is 13.8 Å². The van der Waals surface area contributed by atoms with Gasteiger partial charge in [-0.05, 0) is 47.2 Å². The van der Waals surface area contributed by atoms with E-state index >= 15 is 0 Å². The summed E-state index contributed by atoms with van der Waals surface area (Å²) < 4.78 is 1.92. The van der Waals surface area contributed by atoms with E-state index in [1.165, 1.54) is 30.6 Å². The summed E-state index contributed by atoms with van der Waals surface area (Å²) in [5.74, 6) is 0.894. The first kappa shape index (κ1) is 20.2. The number of hydrogen-bond acceptors (Lipinski definition) is 3. The molecule has 0 amide bonds. The van der Waals surface area contributed by atoms with E-state index in [1.54, 1.807) is 0 Å². The molecular formula is C16H31IN6. The Hall–Kier alpha value is -0.830. The van der Waals surface area contributed by atoms with E-state index in [-0.39, 0.29) is 24.0 Å². The molecule has 0 aromatic carbocycles. The fraction of sp³-hybridized carbons (Fsp3) is 0.750. The summed E-state index contributed by atoms with van der Waals surface area (Å²) in [6, 6.07) is 0.616. The first-order valence-electron chi connectivity index (χ1n) is 8.24. The third-order valence-electron chi connectivity index (χ3n) is 4.58. The minimum atomic E-state index is 0. The second kappa shape index (κ2) is 9.46. The van der Waals surface area contributed by atoms with E-state index in [2.05, 4.69) is 41.5 Å². The van der Waals surface area contributed by atoms with Crippen LogP contribution in [0.1, 0.15) is 36.7 Å². The topological polar surface area (TPSA) is 57.5 Å². The van der Waals surface area contributed by atoms with Gasteiger partial charge in [0.05, 0.1) is 12.2 Å². The Morgan fingerprint density at radius 3 is 2.57 bits per heavy atom. The Balaban J connectivity index is 0.00000264. The van der Waals surface area contributed by atoms with Gasteiger partial charge in [0, 0.05) is 37.4 Å². The third kappa shape index (κ3) is 5.34. The highest BCUT2D eigenvalue weighted by Crippen LogP contribution is 2.14. The molecule has 6 nitrogen and oxygen atoms in total. The minimum absolute atomic E-state index is 0. The molecule has 1 aromatic heterocycles. The Labute approximate surface area is 157 Å². The summed E-state index contributed by atoms with van der Waals surface area (Å²) in [6.45, 7) is 9.93. The van der Waals surface area contributed by atoms with E-state index < -0.39 is 0 Å². The molecule has 1 aromatic rings. The van der Waals surface area contributed by atoms with E-state index in [1.807, 2.05) is 18.7 Å². The van der Waals surface area contributed by atoms with E-state index in [0.717, 1.165) is 24.7 Å². The molecule has 23 heavy (non-hydrogen) atoms. The number of aryl methyl sites for hydroxylation is 2. The second-order valence-electron chi connectivity index (χ2n) is 6.13. The zero-order valence-corrected chi connectivity index (χ0v) is 17.3. The zero-order chi connectivity index (χ0) is 16.1. The van der Waals surface area contributed by atoms with Crippen LogP contribution in [0.15, 0.2) is 4.99 Å². The first-order chi connectivity index (χ1) is 10.5. The predicted molar refractivity (Wildman–Crippen MR) is 107 cm³/mol. The van der Waals surface area contributed by atoms with Crippen molar-refractivity contribution in [2.45, 2.75) is 46.2 Å². The van der Waals surface area contributed by atoms with E-state index in [0.29, 0.717) is 12.6 Å². The van der Waals surface area contributed by atoms with Crippen molar-refractivity contribution in [3.63, 3.8) is 0 Å². The van der Waals surface area contributed by atoms with Crippen LogP contribution < -0.4 is 10.6 Å². The molecule has 1 atom stereocenters. The van der Waals surface area contributed by atoms with Crippen LogP contribution in [0.3, 0.4) is 0 Å². The van der Waals surface area contributed by atoms with Crippen molar-refractivity contribution in [3.05, 3.63) is 17.0 Å². The highest BCUT2D eigenvalue weighted by Gasteiger charge is 2.20. The van der Waals surface area contributed by atoms with Crippen LogP contribution in [-0.2, 0) is 13.6 Å². The maximum absolute atomic E-state index is 4.73. The highest BCUT2D eigenvalue weighted by atomic mass is 127. The molecule has 7 heteroatoms. The number of rotatable bonds is 5. The molecule has 0 spiro atoms. The summed E-state index contributed by atoms with van der Waals surface area (Å²) in [6.07, 6.45) is 2.56. The van der Waals surface area contributed by atoms with Gasteiger partial charge in [0.2, 0.25) is 0 Å². The lowest BCUT2D eigenvalue weighted by atomic mass is 10.2. The number of aliphatic imine (C=N–C) groups is 1. The SMILES string of the molecule is CCNC(=NCc1c(C)nn(C)c1C)NCC1CCCN1C.I. The van der Waals surface area contributed by atoms with Gasteiger partial charge in [-0.15, -0.1) is 24.0 Å². The monoisotopic (exact) mass is 434 g/mol. The summed E-state index contributed by atoms with van der Waals surface area (Å²) in [7, 11) is 4.18. The lowest BCUT2D eigenvalue weighted by molar-refractivity contribution is 0.309. The molecule has 2 rings (SSSR count). The van der Waals surface area contributed by atoms with Crippen LogP contribution >= 0.6 is 24.0 Å². The van der Waals surface area contributed by atoms with Gasteiger partial charge in [-0.25, -0.2) is 4.99 Å². The maximum atomic E-state index is 4.73. The fourth-order valence-electron chi connectivity index (χ4n) is 3.00. The normalized spacial score (nSPS) is 18.8. The first-order valence-corrected chi connectivity index (χ1v) is 8.24. The minimum Gasteiger partial charge on any atom is -0.357 e. The standard InChI is InChI=1S/C16H30N6.HI/c1-6-17-16(18-10-14-8-7-9-21(14)4)19-11-15-12(2)20-22(5)13(15)3;/h14H,6-11H2,1-5H3,(H2,17,18,19);1H. The summed E-state index contributed by atoms with van der Waals surface area (Å²) in [5.41, 5.74) is 3.47. The molecule has 1 aliphatic rings. The summed E-state index contributed by atoms with van der Waals surface area (Å²) in [4.78, 5) is 7.15. The van der Waals surface area contributed by atoms with E-state index in [9.17, 15) is 0 Å². The number of likely N-dealkylation sites (N-methyl/N-ethyl adjacent to an activating group) is 1. The second-order valence-corrected chi connectivity index (χ2v) is 6.13. The quantitative estimate of drug-likeness (QED) is 0.422. The predicted octanol–water partition coefficient (Wildman–Crippen LogP) is 1.80. The van der Waals surface area contributed by atoms with Gasteiger partial charge < -0.3 is 15.5 Å². The lowest BCUT2D eigenvalue weighted by Crippen LogP contribution is -2.44. The van der Waals surface area contributed by atoms with Crippen LogP contribution in [0.25, 0.3) is 0 Å². The number of likely N-dealkylation sites (tertiary alicyclic amines) is 1. The summed E-state index contributed by atoms with van der Waals surface area (Å²) in [5, 5.41) is 11.3. The molecule has 1 aliphatic heterocycles. The Morgan fingerprint density at radius 2 is 2.04 bits per heavy atom. The number of nitrogens with one attached hydrogen (secondary N) is 2. The molecule has 0 radical (unpaired) electrons. The van der Waals surface area contributed by atoms with Gasteiger partial charge in [0.25, 0.3) is 0 Å². The van der Waals surface area contributed by atoms with Crippen LogP contribution in [0.2, 0.25) is 0 Å². The molecule has 1 unspecified atom stereocenters. The zero-order valence-electron chi connectivity index (χ0n) is 15.0. The lowest BCUT2D eigenvalue weighted by Gasteiger charge is -2.21. The molecule has 132 valence electrons. The number of hydrogen-bond donors (Lipinski definition) is 2. The van der Waals surface area contributed by atoms with Gasteiger partial charge in [0.1, 0.15) is 0 Å². The number of guanidine groups is 1. The van der Waals surface area contributed by atoms with Gasteiger partial charge >= 0.3 is 0 Å². The van der Waals surface area contributed by atoms with Gasteiger partial charge in [-0.1, -0.05) is 0 Å². The smallest absolute Gasteiger partial charge is 0.191 e. The molecular weight excluding hydrogens is 403 g/mol. The fourth-order valence-corrected chi connectivity index (χ4v) is 3.00. The van der Waals surface area contributed by atoms with Crippen molar-refractivity contribution in [1.29, 1.82) is 0 Å².